The minimum atomic E-state index is 0.0643. The first-order valence-electron chi connectivity index (χ1n) is 7.50. The van der Waals surface area contributed by atoms with E-state index in [9.17, 15) is 0 Å². The normalized spacial score (nSPS) is 17.5. The van der Waals surface area contributed by atoms with Crippen molar-refractivity contribution in [2.45, 2.75) is 25.4 Å². The third kappa shape index (κ3) is 4.08. The average Bonchev–Trinajstić information content (AvgIpc) is 3.02. The summed E-state index contributed by atoms with van der Waals surface area (Å²) in [6, 6.07) is 18.7. The van der Waals surface area contributed by atoms with Crippen LogP contribution in [0.15, 0.2) is 76.4 Å². The maximum Gasteiger partial charge on any atom is 0.151 e. The lowest BCUT2D eigenvalue weighted by molar-refractivity contribution is 0.119. The van der Waals surface area contributed by atoms with Crippen LogP contribution in [0.2, 0.25) is 0 Å². The Hall–Kier alpha value is -1.87. The lowest BCUT2D eigenvalue weighted by atomic mass is 10.0. The van der Waals surface area contributed by atoms with E-state index in [1.54, 1.807) is 0 Å². The smallest absolute Gasteiger partial charge is 0.151 e. The number of halogens is 1. The Bertz CT molecular complexity index is 662. The standard InChI is InChI=1S/C19H18BrNO/c20-17-12-10-16(11-13-17)19-14-18(22-21-19)9-5-4-8-15-6-2-1-3-7-15/h1-3,5-7,9-13,18H,4,8,14H2/b9-5+/t18-/m1/s1. The molecule has 3 rings (SSSR count). The Morgan fingerprint density at radius 1 is 1.09 bits per heavy atom. The molecule has 2 nitrogen and oxygen atoms in total. The molecule has 0 saturated heterocycles. The summed E-state index contributed by atoms with van der Waals surface area (Å²) in [7, 11) is 0. The fourth-order valence-corrected chi connectivity index (χ4v) is 2.72. The summed E-state index contributed by atoms with van der Waals surface area (Å²) < 4.78 is 1.08. The van der Waals surface area contributed by atoms with E-state index < -0.39 is 0 Å². The third-order valence-corrected chi connectivity index (χ3v) is 4.19. The molecule has 0 N–H and O–H groups in total. The van der Waals surface area contributed by atoms with Crippen molar-refractivity contribution in [1.29, 1.82) is 0 Å². The van der Waals surface area contributed by atoms with Gasteiger partial charge in [-0.2, -0.15) is 0 Å². The molecule has 0 saturated carbocycles. The number of hydrogen-bond donors (Lipinski definition) is 0. The van der Waals surface area contributed by atoms with E-state index in [1.807, 2.05) is 18.2 Å². The summed E-state index contributed by atoms with van der Waals surface area (Å²) in [5.74, 6) is 0. The highest BCUT2D eigenvalue weighted by atomic mass is 79.9. The number of nitrogens with zero attached hydrogens (tertiary/aromatic N) is 1. The Morgan fingerprint density at radius 3 is 2.64 bits per heavy atom. The minimum Gasteiger partial charge on any atom is -0.388 e. The Labute approximate surface area is 139 Å². The molecule has 22 heavy (non-hydrogen) atoms. The van der Waals surface area contributed by atoms with Gasteiger partial charge >= 0.3 is 0 Å². The highest BCUT2D eigenvalue weighted by Crippen LogP contribution is 2.19. The molecule has 1 aliphatic heterocycles. The third-order valence-electron chi connectivity index (χ3n) is 3.66. The van der Waals surface area contributed by atoms with Crippen molar-refractivity contribution in [3.63, 3.8) is 0 Å². The maximum absolute atomic E-state index is 5.49. The lowest BCUT2D eigenvalue weighted by Gasteiger charge is -2.02. The van der Waals surface area contributed by atoms with Crippen molar-refractivity contribution in [1.82, 2.24) is 0 Å². The van der Waals surface area contributed by atoms with Gasteiger partial charge in [0.1, 0.15) is 0 Å². The van der Waals surface area contributed by atoms with E-state index in [0.717, 1.165) is 35.0 Å². The van der Waals surface area contributed by atoms with Gasteiger partial charge in [0, 0.05) is 10.9 Å². The van der Waals surface area contributed by atoms with Crippen molar-refractivity contribution in [2.75, 3.05) is 0 Å². The van der Waals surface area contributed by atoms with E-state index in [0.29, 0.717) is 0 Å². The second-order valence-electron chi connectivity index (χ2n) is 5.35. The van der Waals surface area contributed by atoms with Crippen LogP contribution in [0.5, 0.6) is 0 Å². The largest absolute Gasteiger partial charge is 0.388 e. The van der Waals surface area contributed by atoms with Crippen LogP contribution in [-0.4, -0.2) is 11.8 Å². The predicted molar refractivity (Wildman–Crippen MR) is 94.1 cm³/mol. The number of benzene rings is 2. The molecular formula is C19H18BrNO. The summed E-state index contributed by atoms with van der Waals surface area (Å²) >= 11 is 3.44. The van der Waals surface area contributed by atoms with Crippen molar-refractivity contribution in [3.05, 3.63) is 82.3 Å². The van der Waals surface area contributed by atoms with Gasteiger partial charge in [-0.15, -0.1) is 0 Å². The zero-order valence-corrected chi connectivity index (χ0v) is 13.9. The molecular weight excluding hydrogens is 338 g/mol. The van der Waals surface area contributed by atoms with E-state index in [4.69, 9.17) is 4.84 Å². The van der Waals surface area contributed by atoms with Gasteiger partial charge in [0.15, 0.2) is 6.10 Å². The van der Waals surface area contributed by atoms with Crippen LogP contribution in [0, 0.1) is 0 Å². The van der Waals surface area contributed by atoms with Crippen molar-refractivity contribution < 1.29 is 4.84 Å². The zero-order valence-electron chi connectivity index (χ0n) is 12.3. The van der Waals surface area contributed by atoms with E-state index >= 15 is 0 Å². The van der Waals surface area contributed by atoms with Gasteiger partial charge in [0.05, 0.1) is 5.71 Å². The summed E-state index contributed by atoms with van der Waals surface area (Å²) in [5, 5.41) is 4.20. The van der Waals surface area contributed by atoms with Gasteiger partial charge in [-0.1, -0.05) is 69.6 Å². The highest BCUT2D eigenvalue weighted by molar-refractivity contribution is 9.10. The van der Waals surface area contributed by atoms with Crippen LogP contribution in [0.4, 0.5) is 0 Å². The average molecular weight is 356 g/mol. The van der Waals surface area contributed by atoms with Crippen molar-refractivity contribution in [3.8, 4) is 0 Å². The van der Waals surface area contributed by atoms with Gasteiger partial charge in [0.25, 0.3) is 0 Å². The molecule has 2 aromatic carbocycles. The minimum absolute atomic E-state index is 0.0643. The van der Waals surface area contributed by atoms with Gasteiger partial charge in [-0.3, -0.25) is 0 Å². The van der Waals surface area contributed by atoms with Crippen molar-refractivity contribution >= 4 is 21.6 Å². The van der Waals surface area contributed by atoms with Gasteiger partial charge in [-0.25, -0.2) is 0 Å². The molecule has 2 aromatic rings. The highest BCUT2D eigenvalue weighted by Gasteiger charge is 2.19. The van der Waals surface area contributed by atoms with Gasteiger partial charge < -0.3 is 4.84 Å². The number of aryl methyl sites for hydroxylation is 1. The molecule has 0 fully saturated rings. The Balaban J connectivity index is 1.48. The Kier molecular flexibility index (Phi) is 5.07. The number of allylic oxidation sites excluding steroid dienone is 1. The van der Waals surface area contributed by atoms with Crippen molar-refractivity contribution in [2.24, 2.45) is 5.16 Å². The number of oxime groups is 1. The molecule has 1 heterocycles. The molecule has 1 aliphatic rings. The van der Waals surface area contributed by atoms with Gasteiger partial charge in [-0.05, 0) is 42.2 Å². The van der Waals surface area contributed by atoms with Crippen LogP contribution in [0.1, 0.15) is 24.0 Å². The molecule has 1 atom stereocenters. The second kappa shape index (κ2) is 7.41. The summed E-state index contributed by atoms with van der Waals surface area (Å²) in [4.78, 5) is 5.49. The monoisotopic (exact) mass is 355 g/mol. The maximum atomic E-state index is 5.49. The van der Waals surface area contributed by atoms with Crippen LogP contribution in [-0.2, 0) is 11.3 Å². The fourth-order valence-electron chi connectivity index (χ4n) is 2.46. The molecule has 0 bridgehead atoms. The first-order chi connectivity index (χ1) is 10.8. The van der Waals surface area contributed by atoms with E-state index in [-0.39, 0.29) is 6.10 Å². The van der Waals surface area contributed by atoms with Crippen LogP contribution in [0.25, 0.3) is 0 Å². The number of hydrogen-bond acceptors (Lipinski definition) is 2. The van der Waals surface area contributed by atoms with Gasteiger partial charge in [0.2, 0.25) is 0 Å². The molecule has 0 spiro atoms. The lowest BCUT2D eigenvalue weighted by Crippen LogP contribution is -2.04. The topological polar surface area (TPSA) is 21.6 Å². The Morgan fingerprint density at radius 2 is 1.86 bits per heavy atom. The summed E-state index contributed by atoms with van der Waals surface area (Å²) in [6.07, 6.45) is 7.30. The molecule has 0 aliphatic carbocycles. The first-order valence-corrected chi connectivity index (χ1v) is 8.30. The SMILES string of the molecule is Brc1ccc(C2=NO[C@H](/C=C/CCc3ccccc3)C2)cc1. The molecule has 3 heteroatoms. The summed E-state index contributed by atoms with van der Waals surface area (Å²) in [5.41, 5.74) is 3.51. The molecule has 0 unspecified atom stereocenters. The zero-order chi connectivity index (χ0) is 15.2. The summed E-state index contributed by atoms with van der Waals surface area (Å²) in [6.45, 7) is 0. The molecule has 0 amide bonds. The van der Waals surface area contributed by atoms with E-state index in [1.165, 1.54) is 5.56 Å². The fraction of sp³-hybridized carbons (Fsp3) is 0.211. The predicted octanol–water partition coefficient (Wildman–Crippen LogP) is 5.13. The van der Waals surface area contributed by atoms with Crippen LogP contribution < -0.4 is 0 Å². The second-order valence-corrected chi connectivity index (χ2v) is 6.26. The van der Waals surface area contributed by atoms with E-state index in [2.05, 4.69) is 69.6 Å². The molecule has 0 radical (unpaired) electrons. The first kappa shape index (κ1) is 15.0. The van der Waals surface area contributed by atoms with Crippen LogP contribution >= 0.6 is 15.9 Å². The quantitative estimate of drug-likeness (QED) is 0.681. The molecule has 0 aromatic heterocycles. The molecule has 112 valence electrons. The number of rotatable bonds is 5. The van der Waals surface area contributed by atoms with Crippen LogP contribution in [0.3, 0.4) is 0 Å².